The van der Waals surface area contributed by atoms with Crippen LogP contribution in [-0.4, -0.2) is 29.0 Å². The third kappa shape index (κ3) is 3.11. The highest BCUT2D eigenvalue weighted by Crippen LogP contribution is 2.32. The van der Waals surface area contributed by atoms with Gasteiger partial charge in [0.25, 0.3) is 0 Å². The van der Waals surface area contributed by atoms with Crippen molar-refractivity contribution in [2.45, 2.75) is 6.54 Å². The molecule has 0 aliphatic carbocycles. The molecule has 23 heavy (non-hydrogen) atoms. The topological polar surface area (TPSA) is 75.2 Å². The summed E-state index contributed by atoms with van der Waals surface area (Å²) in [5.74, 6) is 1.40. The molecule has 118 valence electrons. The number of nitrogen functional groups attached to an aromatic ring is 1. The molecule has 3 rings (SSSR count). The van der Waals surface area contributed by atoms with Crippen LogP contribution in [-0.2, 0) is 6.54 Å². The largest absolute Gasteiger partial charge is 0.497 e. The van der Waals surface area contributed by atoms with Gasteiger partial charge in [-0.3, -0.25) is 9.67 Å². The van der Waals surface area contributed by atoms with Gasteiger partial charge in [-0.25, -0.2) is 0 Å². The molecule has 0 unspecified atom stereocenters. The third-order valence-electron chi connectivity index (χ3n) is 3.55. The van der Waals surface area contributed by atoms with Gasteiger partial charge in [-0.15, -0.1) is 0 Å². The second-order valence-corrected chi connectivity index (χ2v) is 5.06. The van der Waals surface area contributed by atoms with Gasteiger partial charge in [0, 0.05) is 18.0 Å². The predicted molar refractivity (Wildman–Crippen MR) is 88.5 cm³/mol. The Balaban J connectivity index is 1.84. The molecular formula is C17H18N4O2. The van der Waals surface area contributed by atoms with Crippen LogP contribution in [0.2, 0.25) is 0 Å². The Kier molecular flexibility index (Phi) is 4.14. The fourth-order valence-electron chi connectivity index (χ4n) is 2.37. The minimum atomic E-state index is 0.556. The first-order chi connectivity index (χ1) is 11.2. The number of hydrogen-bond donors (Lipinski definition) is 1. The maximum absolute atomic E-state index is 5.92. The van der Waals surface area contributed by atoms with Crippen LogP contribution in [0, 0.1) is 0 Å². The highest BCUT2D eigenvalue weighted by atomic mass is 16.5. The molecule has 0 fully saturated rings. The maximum Gasteiger partial charge on any atom is 0.168 e. The van der Waals surface area contributed by atoms with Crippen LogP contribution in [0.3, 0.4) is 0 Å². The summed E-state index contributed by atoms with van der Waals surface area (Å²) < 4.78 is 12.4. The molecule has 0 atom stereocenters. The van der Waals surface area contributed by atoms with Crippen molar-refractivity contribution in [2.24, 2.45) is 0 Å². The van der Waals surface area contributed by atoms with Crippen LogP contribution in [0.5, 0.6) is 11.5 Å². The van der Waals surface area contributed by atoms with Crippen molar-refractivity contribution in [1.82, 2.24) is 14.8 Å². The lowest BCUT2D eigenvalue weighted by Crippen LogP contribution is -2.00. The smallest absolute Gasteiger partial charge is 0.168 e. The van der Waals surface area contributed by atoms with E-state index in [1.165, 1.54) is 0 Å². The molecule has 6 heteroatoms. The molecule has 1 aromatic carbocycles. The average Bonchev–Trinajstić information content (AvgIpc) is 3.03. The van der Waals surface area contributed by atoms with E-state index in [9.17, 15) is 0 Å². The van der Waals surface area contributed by atoms with E-state index >= 15 is 0 Å². The minimum Gasteiger partial charge on any atom is -0.497 e. The molecule has 2 N–H and O–H groups in total. The molecule has 0 aliphatic heterocycles. The zero-order valence-electron chi connectivity index (χ0n) is 13.1. The van der Waals surface area contributed by atoms with E-state index in [0.717, 1.165) is 16.9 Å². The SMILES string of the molecule is COc1ccc(Cn2cc(-c3nccc(N)c3OC)cn2)cc1. The Labute approximate surface area is 134 Å². The van der Waals surface area contributed by atoms with Gasteiger partial charge in [-0.05, 0) is 23.8 Å². The summed E-state index contributed by atoms with van der Waals surface area (Å²) in [5, 5.41) is 4.38. The van der Waals surface area contributed by atoms with Crippen LogP contribution < -0.4 is 15.2 Å². The van der Waals surface area contributed by atoms with Gasteiger partial charge in [-0.1, -0.05) is 12.1 Å². The van der Waals surface area contributed by atoms with Crippen molar-refractivity contribution in [1.29, 1.82) is 0 Å². The second kappa shape index (κ2) is 6.39. The summed E-state index contributed by atoms with van der Waals surface area (Å²) in [6.45, 7) is 0.661. The van der Waals surface area contributed by atoms with Gasteiger partial charge in [0.1, 0.15) is 11.4 Å². The van der Waals surface area contributed by atoms with E-state index in [1.807, 2.05) is 35.1 Å². The Bertz CT molecular complexity index is 797. The number of hydrogen-bond acceptors (Lipinski definition) is 5. The van der Waals surface area contributed by atoms with Crippen LogP contribution >= 0.6 is 0 Å². The number of anilines is 1. The third-order valence-corrected chi connectivity index (χ3v) is 3.55. The standard InChI is InChI=1S/C17H18N4O2/c1-22-14-5-3-12(4-6-14)10-21-11-13(9-20-21)16-17(23-2)15(18)7-8-19-16/h3-9,11H,10H2,1-2H3,(H2,18,19). The molecule has 0 amide bonds. The molecule has 0 saturated carbocycles. The minimum absolute atomic E-state index is 0.556. The Hall–Kier alpha value is -3.02. The van der Waals surface area contributed by atoms with Gasteiger partial charge in [-0.2, -0.15) is 5.10 Å². The highest BCUT2D eigenvalue weighted by Gasteiger charge is 2.12. The lowest BCUT2D eigenvalue weighted by Gasteiger charge is -2.08. The monoisotopic (exact) mass is 310 g/mol. The summed E-state index contributed by atoms with van der Waals surface area (Å²) >= 11 is 0. The Morgan fingerprint density at radius 1 is 1.09 bits per heavy atom. The van der Waals surface area contributed by atoms with E-state index in [0.29, 0.717) is 23.7 Å². The molecule has 3 aromatic rings. The first-order valence-corrected chi connectivity index (χ1v) is 7.15. The zero-order valence-corrected chi connectivity index (χ0v) is 13.1. The normalized spacial score (nSPS) is 10.5. The van der Waals surface area contributed by atoms with E-state index in [-0.39, 0.29) is 0 Å². The molecular weight excluding hydrogens is 292 g/mol. The van der Waals surface area contributed by atoms with Crippen LogP contribution in [0.1, 0.15) is 5.56 Å². The molecule has 0 bridgehead atoms. The number of methoxy groups -OCH3 is 2. The predicted octanol–water partition coefficient (Wildman–Crippen LogP) is 2.59. The maximum atomic E-state index is 5.92. The summed E-state index contributed by atoms with van der Waals surface area (Å²) in [6, 6.07) is 9.60. The van der Waals surface area contributed by atoms with Crippen molar-refractivity contribution in [3.05, 3.63) is 54.5 Å². The lowest BCUT2D eigenvalue weighted by molar-refractivity contribution is 0.414. The van der Waals surface area contributed by atoms with E-state index < -0.39 is 0 Å². The second-order valence-electron chi connectivity index (χ2n) is 5.06. The zero-order chi connectivity index (χ0) is 16.2. The number of nitrogens with zero attached hydrogens (tertiary/aromatic N) is 3. The van der Waals surface area contributed by atoms with Crippen molar-refractivity contribution in [3.63, 3.8) is 0 Å². The number of rotatable bonds is 5. The van der Waals surface area contributed by atoms with Gasteiger partial charge in [0.2, 0.25) is 0 Å². The lowest BCUT2D eigenvalue weighted by atomic mass is 10.2. The molecule has 0 aliphatic rings. The van der Waals surface area contributed by atoms with E-state index in [2.05, 4.69) is 10.1 Å². The molecule has 0 saturated heterocycles. The Morgan fingerprint density at radius 2 is 1.87 bits per heavy atom. The fourth-order valence-corrected chi connectivity index (χ4v) is 2.37. The van der Waals surface area contributed by atoms with E-state index in [1.54, 1.807) is 32.7 Å². The molecule has 6 nitrogen and oxygen atoms in total. The van der Waals surface area contributed by atoms with Crippen LogP contribution in [0.25, 0.3) is 11.3 Å². The summed E-state index contributed by atoms with van der Waals surface area (Å²) in [4.78, 5) is 4.35. The van der Waals surface area contributed by atoms with Crippen molar-refractivity contribution < 1.29 is 9.47 Å². The summed E-state index contributed by atoms with van der Waals surface area (Å²) in [7, 11) is 3.24. The van der Waals surface area contributed by atoms with Gasteiger partial charge >= 0.3 is 0 Å². The quantitative estimate of drug-likeness (QED) is 0.784. The summed E-state index contributed by atoms with van der Waals surface area (Å²) in [6.07, 6.45) is 5.34. The first-order valence-electron chi connectivity index (χ1n) is 7.15. The van der Waals surface area contributed by atoms with Gasteiger partial charge in [0.15, 0.2) is 5.75 Å². The summed E-state index contributed by atoms with van der Waals surface area (Å²) in [5.41, 5.74) is 9.16. The number of ether oxygens (including phenoxy) is 2. The number of aromatic nitrogens is 3. The number of benzene rings is 1. The number of pyridine rings is 1. The van der Waals surface area contributed by atoms with Crippen LogP contribution in [0.15, 0.2) is 48.9 Å². The van der Waals surface area contributed by atoms with E-state index in [4.69, 9.17) is 15.2 Å². The molecule has 2 aromatic heterocycles. The van der Waals surface area contributed by atoms with Crippen molar-refractivity contribution in [2.75, 3.05) is 20.0 Å². The molecule has 0 radical (unpaired) electrons. The first kappa shape index (κ1) is 14.9. The van der Waals surface area contributed by atoms with Crippen molar-refractivity contribution in [3.8, 4) is 22.8 Å². The van der Waals surface area contributed by atoms with Crippen molar-refractivity contribution >= 4 is 5.69 Å². The highest BCUT2D eigenvalue weighted by molar-refractivity contribution is 5.72. The molecule has 2 heterocycles. The molecule has 0 spiro atoms. The van der Waals surface area contributed by atoms with Gasteiger partial charge in [0.05, 0.1) is 32.6 Å². The Morgan fingerprint density at radius 3 is 2.57 bits per heavy atom. The van der Waals surface area contributed by atoms with Crippen LogP contribution in [0.4, 0.5) is 5.69 Å². The van der Waals surface area contributed by atoms with Gasteiger partial charge < -0.3 is 15.2 Å². The fraction of sp³-hybridized carbons (Fsp3) is 0.176. The number of nitrogens with two attached hydrogens (primary N) is 1. The average molecular weight is 310 g/mol.